The number of amides is 1. The molecule has 0 spiro atoms. The first-order chi connectivity index (χ1) is 14.1. The molecule has 4 aromatic rings. The molecule has 1 aromatic heterocycles. The molecule has 0 aliphatic carbocycles. The second-order valence-electron chi connectivity index (χ2n) is 6.74. The highest BCUT2D eigenvalue weighted by Gasteiger charge is 2.06. The summed E-state index contributed by atoms with van der Waals surface area (Å²) in [5, 5.41) is 6.24. The predicted molar refractivity (Wildman–Crippen MR) is 116 cm³/mol. The summed E-state index contributed by atoms with van der Waals surface area (Å²) in [5.74, 6) is 0.579. The number of ether oxygens (including phenoxy) is 1. The van der Waals surface area contributed by atoms with Crippen LogP contribution in [-0.4, -0.2) is 23.8 Å². The topological polar surface area (TPSA) is 55.6 Å². The Balaban J connectivity index is 1.46. The summed E-state index contributed by atoms with van der Waals surface area (Å²) in [7, 11) is 1.65. The Labute approximate surface area is 169 Å². The second kappa shape index (κ2) is 8.02. The molecule has 0 aliphatic rings. The van der Waals surface area contributed by atoms with Crippen LogP contribution in [0.1, 0.15) is 21.6 Å². The Bertz CT molecular complexity index is 1190. The summed E-state index contributed by atoms with van der Waals surface area (Å²) < 4.78 is 7.27. The first-order valence-electron chi connectivity index (χ1n) is 9.30. The lowest BCUT2D eigenvalue weighted by atomic mass is 10.1. The molecule has 0 radical (unpaired) electrons. The number of aromatic nitrogens is 1. The van der Waals surface area contributed by atoms with Gasteiger partial charge in [-0.05, 0) is 60.2 Å². The summed E-state index contributed by atoms with van der Waals surface area (Å²) in [5.41, 5.74) is 6.18. The number of hydrogen-bond donors (Lipinski definition) is 1. The molecule has 0 fully saturated rings. The summed E-state index contributed by atoms with van der Waals surface area (Å²) >= 11 is 0. The van der Waals surface area contributed by atoms with Crippen LogP contribution in [-0.2, 0) is 0 Å². The van der Waals surface area contributed by atoms with Crippen LogP contribution in [0.15, 0.2) is 84.1 Å². The van der Waals surface area contributed by atoms with E-state index in [1.165, 1.54) is 0 Å². The number of carbonyl (C=O) groups is 1. The average molecular weight is 383 g/mol. The van der Waals surface area contributed by atoms with Crippen molar-refractivity contribution in [1.82, 2.24) is 9.99 Å². The van der Waals surface area contributed by atoms with Crippen LogP contribution in [0.2, 0.25) is 0 Å². The first kappa shape index (κ1) is 18.5. The van der Waals surface area contributed by atoms with E-state index < -0.39 is 0 Å². The lowest BCUT2D eigenvalue weighted by molar-refractivity contribution is 0.0955. The van der Waals surface area contributed by atoms with Crippen LogP contribution in [0.5, 0.6) is 5.75 Å². The second-order valence-corrected chi connectivity index (χ2v) is 6.74. The Morgan fingerprint density at radius 1 is 1.00 bits per heavy atom. The zero-order chi connectivity index (χ0) is 20.2. The van der Waals surface area contributed by atoms with Crippen LogP contribution in [0.3, 0.4) is 0 Å². The van der Waals surface area contributed by atoms with E-state index in [2.05, 4.69) is 15.1 Å². The van der Waals surface area contributed by atoms with E-state index in [0.29, 0.717) is 5.56 Å². The van der Waals surface area contributed by atoms with E-state index in [1.54, 1.807) is 19.4 Å². The molecule has 0 unspecified atom stereocenters. The van der Waals surface area contributed by atoms with Gasteiger partial charge in [0.1, 0.15) is 5.75 Å². The van der Waals surface area contributed by atoms with E-state index in [4.69, 9.17) is 4.74 Å². The van der Waals surface area contributed by atoms with Crippen molar-refractivity contribution in [2.75, 3.05) is 7.11 Å². The van der Waals surface area contributed by atoms with E-state index in [9.17, 15) is 4.79 Å². The zero-order valence-electron chi connectivity index (χ0n) is 16.3. The number of methoxy groups -OCH3 is 1. The Kier molecular flexibility index (Phi) is 5.12. The van der Waals surface area contributed by atoms with Crippen LogP contribution < -0.4 is 10.2 Å². The fourth-order valence-electron chi connectivity index (χ4n) is 3.25. The SMILES string of the molecule is COc1ccc(-n2cc(/C=N\NC(=O)c3ccc4ccccc4c3)cc2C)cc1. The number of hydrazone groups is 1. The number of nitrogens with one attached hydrogen (secondary N) is 1. The smallest absolute Gasteiger partial charge is 0.271 e. The molecule has 0 aliphatic heterocycles. The third-order valence-electron chi connectivity index (χ3n) is 4.78. The summed E-state index contributed by atoms with van der Waals surface area (Å²) in [4.78, 5) is 12.4. The Morgan fingerprint density at radius 2 is 1.76 bits per heavy atom. The van der Waals surface area contributed by atoms with Gasteiger partial charge in [0, 0.05) is 28.7 Å². The van der Waals surface area contributed by atoms with E-state index in [1.807, 2.05) is 79.9 Å². The van der Waals surface area contributed by atoms with Gasteiger partial charge in [-0.3, -0.25) is 4.79 Å². The van der Waals surface area contributed by atoms with Gasteiger partial charge in [0.15, 0.2) is 0 Å². The van der Waals surface area contributed by atoms with Crippen molar-refractivity contribution >= 4 is 22.9 Å². The van der Waals surface area contributed by atoms with Gasteiger partial charge in [-0.15, -0.1) is 0 Å². The zero-order valence-corrected chi connectivity index (χ0v) is 16.3. The molecule has 1 amide bonds. The van der Waals surface area contributed by atoms with Crippen molar-refractivity contribution in [3.05, 3.63) is 95.8 Å². The number of aryl methyl sites for hydroxylation is 1. The molecule has 29 heavy (non-hydrogen) atoms. The first-order valence-corrected chi connectivity index (χ1v) is 9.30. The maximum absolute atomic E-state index is 12.4. The number of carbonyl (C=O) groups excluding carboxylic acids is 1. The third kappa shape index (κ3) is 4.04. The van der Waals surface area contributed by atoms with Gasteiger partial charge in [-0.1, -0.05) is 30.3 Å². The van der Waals surface area contributed by atoms with Gasteiger partial charge >= 0.3 is 0 Å². The molecule has 5 nitrogen and oxygen atoms in total. The maximum atomic E-state index is 12.4. The summed E-state index contributed by atoms with van der Waals surface area (Å²) in [6.07, 6.45) is 3.62. The summed E-state index contributed by atoms with van der Waals surface area (Å²) in [6.45, 7) is 2.02. The molecule has 1 N–H and O–H groups in total. The van der Waals surface area contributed by atoms with Crippen LogP contribution >= 0.6 is 0 Å². The molecule has 3 aromatic carbocycles. The fourth-order valence-corrected chi connectivity index (χ4v) is 3.25. The number of rotatable bonds is 5. The highest BCUT2D eigenvalue weighted by Crippen LogP contribution is 2.18. The molecule has 0 bridgehead atoms. The molecular weight excluding hydrogens is 362 g/mol. The average Bonchev–Trinajstić information content (AvgIpc) is 3.13. The molecule has 0 saturated heterocycles. The highest BCUT2D eigenvalue weighted by molar-refractivity contribution is 5.99. The van der Waals surface area contributed by atoms with E-state index in [0.717, 1.165) is 33.5 Å². The van der Waals surface area contributed by atoms with E-state index in [-0.39, 0.29) is 5.91 Å². The Morgan fingerprint density at radius 3 is 2.52 bits per heavy atom. The van der Waals surface area contributed by atoms with E-state index >= 15 is 0 Å². The standard InChI is InChI=1S/C24H21N3O2/c1-17-13-18(16-27(17)22-9-11-23(29-2)12-10-22)15-25-26-24(28)21-8-7-19-5-3-4-6-20(19)14-21/h3-16H,1-2H3,(H,26,28)/b25-15-. The molecule has 144 valence electrons. The normalized spacial score (nSPS) is 11.1. The minimum absolute atomic E-state index is 0.238. The monoisotopic (exact) mass is 383 g/mol. The lowest BCUT2D eigenvalue weighted by Crippen LogP contribution is -2.17. The van der Waals surface area contributed by atoms with Gasteiger partial charge in [0.2, 0.25) is 0 Å². The molecule has 0 atom stereocenters. The molecule has 4 rings (SSSR count). The third-order valence-corrected chi connectivity index (χ3v) is 4.78. The molecule has 5 heteroatoms. The number of fused-ring (bicyclic) bond motifs is 1. The fraction of sp³-hybridized carbons (Fsp3) is 0.0833. The van der Waals surface area contributed by atoms with Crippen molar-refractivity contribution < 1.29 is 9.53 Å². The minimum Gasteiger partial charge on any atom is -0.497 e. The van der Waals surface area contributed by atoms with Gasteiger partial charge in [0.25, 0.3) is 5.91 Å². The number of hydrogen-bond acceptors (Lipinski definition) is 3. The van der Waals surface area contributed by atoms with Crippen molar-refractivity contribution in [2.24, 2.45) is 5.10 Å². The van der Waals surface area contributed by atoms with Gasteiger partial charge in [-0.2, -0.15) is 5.10 Å². The minimum atomic E-state index is -0.238. The van der Waals surface area contributed by atoms with Crippen LogP contribution in [0.25, 0.3) is 16.5 Å². The quantitative estimate of drug-likeness (QED) is 0.401. The number of nitrogens with zero attached hydrogens (tertiary/aromatic N) is 2. The Hall–Kier alpha value is -3.86. The summed E-state index contributed by atoms with van der Waals surface area (Å²) in [6, 6.07) is 23.4. The molecule has 1 heterocycles. The predicted octanol–water partition coefficient (Wildman–Crippen LogP) is 4.71. The molecule has 0 saturated carbocycles. The van der Waals surface area contributed by atoms with Crippen LogP contribution in [0, 0.1) is 6.92 Å². The van der Waals surface area contributed by atoms with Gasteiger partial charge in [0.05, 0.1) is 13.3 Å². The van der Waals surface area contributed by atoms with Crippen molar-refractivity contribution in [1.29, 1.82) is 0 Å². The van der Waals surface area contributed by atoms with Crippen molar-refractivity contribution in [2.45, 2.75) is 6.92 Å². The van der Waals surface area contributed by atoms with Gasteiger partial charge < -0.3 is 9.30 Å². The maximum Gasteiger partial charge on any atom is 0.271 e. The van der Waals surface area contributed by atoms with Crippen molar-refractivity contribution in [3.63, 3.8) is 0 Å². The van der Waals surface area contributed by atoms with Gasteiger partial charge in [-0.25, -0.2) is 5.43 Å². The number of benzene rings is 3. The molecular formula is C24H21N3O2. The van der Waals surface area contributed by atoms with Crippen molar-refractivity contribution in [3.8, 4) is 11.4 Å². The lowest BCUT2D eigenvalue weighted by Gasteiger charge is -2.06. The highest BCUT2D eigenvalue weighted by atomic mass is 16.5. The van der Waals surface area contributed by atoms with Crippen LogP contribution in [0.4, 0.5) is 0 Å². The largest absolute Gasteiger partial charge is 0.497 e.